The number of ether oxygens (including phenoxy) is 1. The van der Waals surface area contributed by atoms with E-state index in [0.29, 0.717) is 11.1 Å². The zero-order valence-corrected chi connectivity index (χ0v) is 8.20. The molecule has 0 saturated carbocycles. The van der Waals surface area contributed by atoms with Gasteiger partial charge in [0.1, 0.15) is 0 Å². The predicted molar refractivity (Wildman–Crippen MR) is 51.7 cm³/mol. The Kier molecular flexibility index (Phi) is 2.74. The third-order valence-corrected chi connectivity index (χ3v) is 1.95. The Morgan fingerprint density at radius 2 is 1.94 bits per heavy atom. The van der Waals surface area contributed by atoms with Gasteiger partial charge in [0, 0.05) is 5.57 Å². The number of halogens is 4. The minimum atomic E-state index is -4.91. The molecule has 0 saturated heterocycles. The molecule has 1 heterocycles. The SMILES string of the molecule is Fc1cc(C2=C[N]N=C2)ccc1OC(F)(F)F. The minimum absolute atomic E-state index is 0.377. The van der Waals surface area contributed by atoms with E-state index < -0.39 is 17.9 Å². The number of allylic oxidation sites excluding steroid dienone is 1. The monoisotopic (exact) mass is 245 g/mol. The highest BCUT2D eigenvalue weighted by Gasteiger charge is 2.32. The van der Waals surface area contributed by atoms with Gasteiger partial charge in [-0.15, -0.1) is 13.2 Å². The Morgan fingerprint density at radius 1 is 1.18 bits per heavy atom. The summed E-state index contributed by atoms with van der Waals surface area (Å²) in [6.07, 6.45) is -2.16. The van der Waals surface area contributed by atoms with Crippen molar-refractivity contribution in [2.24, 2.45) is 5.10 Å². The molecule has 17 heavy (non-hydrogen) atoms. The maximum atomic E-state index is 13.3. The summed E-state index contributed by atoms with van der Waals surface area (Å²) >= 11 is 0. The molecule has 0 spiro atoms. The van der Waals surface area contributed by atoms with Crippen LogP contribution in [0.3, 0.4) is 0 Å². The number of hydrogen-bond acceptors (Lipinski definition) is 2. The molecular formula is C10H5F4N2O. The highest BCUT2D eigenvalue weighted by atomic mass is 19.4. The highest BCUT2D eigenvalue weighted by molar-refractivity contribution is 6.10. The maximum Gasteiger partial charge on any atom is 0.573 e. The van der Waals surface area contributed by atoms with Crippen molar-refractivity contribution in [1.29, 1.82) is 0 Å². The van der Waals surface area contributed by atoms with E-state index in [-0.39, 0.29) is 0 Å². The van der Waals surface area contributed by atoms with Gasteiger partial charge in [-0.1, -0.05) is 6.07 Å². The van der Waals surface area contributed by atoms with E-state index in [0.717, 1.165) is 12.1 Å². The number of benzene rings is 1. The van der Waals surface area contributed by atoms with Crippen LogP contribution >= 0.6 is 0 Å². The van der Waals surface area contributed by atoms with Gasteiger partial charge in [0.05, 0.1) is 12.4 Å². The average Bonchev–Trinajstić information content (AvgIpc) is 2.72. The number of hydrogen-bond donors (Lipinski definition) is 0. The first-order chi connectivity index (χ1) is 7.96. The normalized spacial score (nSPS) is 14.5. The van der Waals surface area contributed by atoms with Crippen LogP contribution in [0.4, 0.5) is 17.6 Å². The van der Waals surface area contributed by atoms with Gasteiger partial charge >= 0.3 is 6.36 Å². The van der Waals surface area contributed by atoms with E-state index in [1.165, 1.54) is 18.5 Å². The largest absolute Gasteiger partial charge is 0.573 e. The van der Waals surface area contributed by atoms with Crippen LogP contribution in [-0.2, 0) is 0 Å². The fourth-order valence-electron chi connectivity index (χ4n) is 1.26. The molecule has 0 aliphatic carbocycles. The van der Waals surface area contributed by atoms with Gasteiger partial charge in [0.25, 0.3) is 0 Å². The fourth-order valence-corrected chi connectivity index (χ4v) is 1.26. The van der Waals surface area contributed by atoms with Crippen LogP contribution in [0.25, 0.3) is 5.57 Å². The second-order valence-corrected chi connectivity index (χ2v) is 3.14. The molecule has 0 fully saturated rings. The average molecular weight is 245 g/mol. The molecule has 0 N–H and O–H groups in total. The van der Waals surface area contributed by atoms with Gasteiger partial charge in [0.15, 0.2) is 11.6 Å². The Bertz CT molecular complexity index is 494. The highest BCUT2D eigenvalue weighted by Crippen LogP contribution is 2.27. The van der Waals surface area contributed by atoms with E-state index in [2.05, 4.69) is 15.3 Å². The number of rotatable bonds is 2. The lowest BCUT2D eigenvalue weighted by Gasteiger charge is -2.10. The van der Waals surface area contributed by atoms with E-state index >= 15 is 0 Å². The summed E-state index contributed by atoms with van der Waals surface area (Å²) in [5, 5.41) is 3.53. The van der Waals surface area contributed by atoms with Gasteiger partial charge in [-0.3, -0.25) is 0 Å². The summed E-state index contributed by atoms with van der Waals surface area (Å²) in [6, 6.07) is 3.13. The van der Waals surface area contributed by atoms with Gasteiger partial charge in [-0.05, 0) is 17.7 Å². The summed E-state index contributed by atoms with van der Waals surface area (Å²) in [6.45, 7) is 0. The molecule has 0 bridgehead atoms. The van der Waals surface area contributed by atoms with Crippen molar-refractivity contribution in [2.75, 3.05) is 0 Å². The summed E-state index contributed by atoms with van der Waals surface area (Å²) in [7, 11) is 0. The number of nitrogens with zero attached hydrogens (tertiary/aromatic N) is 2. The molecular weight excluding hydrogens is 240 g/mol. The van der Waals surface area contributed by atoms with E-state index in [1.807, 2.05) is 0 Å². The molecule has 1 aliphatic rings. The minimum Gasteiger partial charge on any atom is -0.403 e. The molecule has 1 aromatic carbocycles. The molecule has 0 aromatic heterocycles. The summed E-state index contributed by atoms with van der Waals surface area (Å²) in [4.78, 5) is 0. The molecule has 0 atom stereocenters. The van der Waals surface area contributed by atoms with Crippen LogP contribution in [0, 0.1) is 5.82 Å². The van der Waals surface area contributed by atoms with Crippen molar-refractivity contribution in [3.63, 3.8) is 0 Å². The zero-order valence-electron chi connectivity index (χ0n) is 8.20. The lowest BCUT2D eigenvalue weighted by atomic mass is 10.1. The van der Waals surface area contributed by atoms with Gasteiger partial charge < -0.3 is 4.74 Å². The molecule has 1 aromatic rings. The van der Waals surface area contributed by atoms with Gasteiger partial charge in [0.2, 0.25) is 0 Å². The fraction of sp³-hybridized carbons (Fsp3) is 0.100. The molecule has 1 aliphatic heterocycles. The third-order valence-electron chi connectivity index (χ3n) is 1.95. The van der Waals surface area contributed by atoms with Crippen molar-refractivity contribution in [3.05, 3.63) is 35.8 Å². The first kappa shape index (κ1) is 11.4. The quantitative estimate of drug-likeness (QED) is 0.738. The standard InChI is InChI=1S/C10H5F4N2O/c11-8-3-6(7-4-15-16-5-7)1-2-9(8)17-10(12,13)14/h1-5H. The van der Waals surface area contributed by atoms with Crippen molar-refractivity contribution in [2.45, 2.75) is 6.36 Å². The molecule has 0 amide bonds. The molecule has 0 unspecified atom stereocenters. The Labute approximate surface area is 93.4 Å². The van der Waals surface area contributed by atoms with Gasteiger partial charge in [-0.25, -0.2) is 4.39 Å². The summed E-state index contributed by atoms with van der Waals surface area (Å²) in [5.74, 6) is -1.96. The third kappa shape index (κ3) is 2.74. The predicted octanol–water partition coefficient (Wildman–Crippen LogP) is 2.67. The maximum absolute atomic E-state index is 13.3. The first-order valence-electron chi connectivity index (χ1n) is 4.45. The van der Waals surface area contributed by atoms with Crippen LogP contribution in [0.5, 0.6) is 5.75 Å². The van der Waals surface area contributed by atoms with E-state index in [1.54, 1.807) is 0 Å². The van der Waals surface area contributed by atoms with Gasteiger partial charge in [-0.2, -0.15) is 10.5 Å². The first-order valence-corrected chi connectivity index (χ1v) is 4.45. The number of alkyl halides is 3. The van der Waals surface area contributed by atoms with Crippen LogP contribution in [-0.4, -0.2) is 12.6 Å². The topological polar surface area (TPSA) is 35.7 Å². The molecule has 1 radical (unpaired) electrons. The molecule has 89 valence electrons. The van der Waals surface area contributed by atoms with Crippen molar-refractivity contribution in [3.8, 4) is 5.75 Å². The van der Waals surface area contributed by atoms with E-state index in [4.69, 9.17) is 0 Å². The Hall–Kier alpha value is -2.05. The molecule has 3 nitrogen and oxygen atoms in total. The smallest absolute Gasteiger partial charge is 0.403 e. The van der Waals surface area contributed by atoms with Crippen LogP contribution in [0.15, 0.2) is 29.5 Å². The van der Waals surface area contributed by atoms with Crippen molar-refractivity contribution >= 4 is 11.8 Å². The lowest BCUT2D eigenvalue weighted by molar-refractivity contribution is -0.275. The second-order valence-electron chi connectivity index (χ2n) is 3.14. The van der Waals surface area contributed by atoms with Crippen LogP contribution in [0.1, 0.15) is 5.56 Å². The van der Waals surface area contributed by atoms with E-state index in [9.17, 15) is 17.6 Å². The Balaban J connectivity index is 2.26. The molecule has 2 rings (SSSR count). The van der Waals surface area contributed by atoms with Crippen LogP contribution < -0.4 is 10.2 Å². The summed E-state index contributed by atoms with van der Waals surface area (Å²) in [5.41, 5.74) is 4.42. The second kappa shape index (κ2) is 4.08. The van der Waals surface area contributed by atoms with Crippen molar-refractivity contribution < 1.29 is 22.3 Å². The summed E-state index contributed by atoms with van der Waals surface area (Å²) < 4.78 is 52.5. The molecule has 7 heteroatoms. The Morgan fingerprint density at radius 3 is 2.47 bits per heavy atom. The van der Waals surface area contributed by atoms with Crippen LogP contribution in [0.2, 0.25) is 0 Å². The zero-order chi connectivity index (χ0) is 12.5. The lowest BCUT2D eigenvalue weighted by Crippen LogP contribution is -2.18. The van der Waals surface area contributed by atoms with Crippen molar-refractivity contribution in [1.82, 2.24) is 5.43 Å².